The normalized spacial score (nSPS) is 17.3. The van der Waals surface area contributed by atoms with Gasteiger partial charge in [0.2, 0.25) is 0 Å². The lowest BCUT2D eigenvalue weighted by atomic mass is 10.1. The van der Waals surface area contributed by atoms with E-state index in [9.17, 15) is 9.90 Å². The minimum atomic E-state index is -0.130. The summed E-state index contributed by atoms with van der Waals surface area (Å²) in [6.45, 7) is 1.51. The highest BCUT2D eigenvalue weighted by Gasteiger charge is 2.26. The summed E-state index contributed by atoms with van der Waals surface area (Å²) in [4.78, 5) is 18.4. The van der Waals surface area contributed by atoms with Crippen LogP contribution in [0.4, 0.5) is 11.4 Å². The largest absolute Gasteiger partial charge is 0.392 e. The van der Waals surface area contributed by atoms with Gasteiger partial charge >= 0.3 is 0 Å². The summed E-state index contributed by atoms with van der Waals surface area (Å²) < 4.78 is 7.62. The number of hydrazine groups is 1. The Morgan fingerprint density at radius 1 is 1.18 bits per heavy atom. The highest BCUT2D eigenvalue weighted by atomic mass is 35.5. The molecule has 1 aromatic heterocycles. The van der Waals surface area contributed by atoms with Crippen molar-refractivity contribution >= 4 is 29.3 Å². The zero-order valence-corrected chi connectivity index (χ0v) is 18.8. The number of anilines is 2. The van der Waals surface area contributed by atoms with E-state index in [1.165, 1.54) is 0 Å². The molecule has 3 aromatic rings. The second kappa shape index (κ2) is 9.39. The minimum absolute atomic E-state index is 0.0121. The molecule has 0 saturated carbocycles. The van der Waals surface area contributed by atoms with E-state index in [2.05, 4.69) is 10.4 Å². The Morgan fingerprint density at radius 3 is 2.85 bits per heavy atom. The molecule has 0 radical (unpaired) electrons. The van der Waals surface area contributed by atoms with Crippen LogP contribution in [-0.2, 0) is 24.4 Å². The molecule has 5 rings (SSSR count). The van der Waals surface area contributed by atoms with Crippen molar-refractivity contribution in [2.24, 2.45) is 4.99 Å². The third kappa shape index (κ3) is 4.39. The third-order valence-corrected chi connectivity index (χ3v) is 6.30. The third-order valence-electron chi connectivity index (χ3n) is 5.97. The maximum Gasteiger partial charge on any atom is 0.277 e. The molecule has 0 spiro atoms. The van der Waals surface area contributed by atoms with Crippen molar-refractivity contribution in [3.63, 3.8) is 0 Å². The maximum absolute atomic E-state index is 13.9. The summed E-state index contributed by atoms with van der Waals surface area (Å²) in [5, 5.41) is 11.7. The van der Waals surface area contributed by atoms with Gasteiger partial charge in [-0.25, -0.2) is 5.01 Å². The Labute approximate surface area is 196 Å². The van der Waals surface area contributed by atoms with E-state index in [1.807, 2.05) is 54.6 Å². The van der Waals surface area contributed by atoms with Crippen molar-refractivity contribution in [2.45, 2.75) is 38.6 Å². The number of benzene rings is 2. The number of rotatable bonds is 6. The number of aromatic nitrogens is 1. The molecule has 170 valence electrons. The van der Waals surface area contributed by atoms with Crippen LogP contribution in [0.25, 0.3) is 11.3 Å². The Hall–Kier alpha value is -3.13. The number of nitrogens with one attached hydrogen (secondary N) is 1. The monoisotopic (exact) mass is 464 g/mol. The molecule has 1 saturated heterocycles. The first-order valence-electron chi connectivity index (χ1n) is 11.0. The van der Waals surface area contributed by atoms with Gasteiger partial charge in [-0.15, -0.1) is 0 Å². The smallest absolute Gasteiger partial charge is 0.277 e. The number of aliphatic hydroxyl groups is 1. The molecular weight excluding hydrogens is 440 g/mol. The molecular formula is C25H25ClN4O3. The Bertz CT molecular complexity index is 1250. The van der Waals surface area contributed by atoms with E-state index in [4.69, 9.17) is 16.3 Å². The van der Waals surface area contributed by atoms with Crippen LogP contribution in [0.2, 0.25) is 5.02 Å². The summed E-state index contributed by atoms with van der Waals surface area (Å²) in [5.41, 5.74) is 7.55. The lowest BCUT2D eigenvalue weighted by Crippen LogP contribution is -2.40. The SMILES string of the molecule is O=c1c2c(cc(-c3ccccc3Cl)n1CC1CCCO1)CN=CN2Nc1cccc(CO)c1. The molecule has 0 bridgehead atoms. The van der Waals surface area contributed by atoms with Gasteiger partial charge in [0.15, 0.2) is 0 Å². The van der Waals surface area contributed by atoms with Crippen molar-refractivity contribution in [1.82, 2.24) is 4.57 Å². The van der Waals surface area contributed by atoms with Crippen molar-refractivity contribution in [1.29, 1.82) is 0 Å². The van der Waals surface area contributed by atoms with Crippen molar-refractivity contribution in [3.05, 3.63) is 81.1 Å². The molecule has 2 aliphatic heterocycles. The topological polar surface area (TPSA) is 79.1 Å². The van der Waals surface area contributed by atoms with Crippen LogP contribution in [0.3, 0.4) is 0 Å². The van der Waals surface area contributed by atoms with E-state index in [1.54, 1.807) is 15.9 Å². The molecule has 1 atom stereocenters. The van der Waals surface area contributed by atoms with Crippen LogP contribution in [0.5, 0.6) is 0 Å². The molecule has 33 heavy (non-hydrogen) atoms. The fourth-order valence-electron chi connectivity index (χ4n) is 4.37. The first kappa shape index (κ1) is 21.7. The second-order valence-corrected chi connectivity index (χ2v) is 8.64. The number of ether oxygens (including phenoxy) is 1. The van der Waals surface area contributed by atoms with Crippen LogP contribution in [0.15, 0.2) is 64.4 Å². The predicted molar refractivity (Wildman–Crippen MR) is 131 cm³/mol. The lowest BCUT2D eigenvalue weighted by molar-refractivity contribution is 0.0966. The molecule has 1 unspecified atom stereocenters. The zero-order valence-electron chi connectivity index (χ0n) is 18.1. The second-order valence-electron chi connectivity index (χ2n) is 8.23. The number of aliphatic hydroxyl groups excluding tert-OH is 1. The van der Waals surface area contributed by atoms with Crippen LogP contribution >= 0.6 is 11.6 Å². The van der Waals surface area contributed by atoms with Crippen molar-refractivity contribution < 1.29 is 9.84 Å². The summed E-state index contributed by atoms with van der Waals surface area (Å²) >= 11 is 6.53. The van der Waals surface area contributed by atoms with E-state index < -0.39 is 0 Å². The van der Waals surface area contributed by atoms with E-state index in [0.717, 1.165) is 40.9 Å². The number of hydrogen-bond donors (Lipinski definition) is 2. The van der Waals surface area contributed by atoms with Gasteiger partial charge in [-0.3, -0.25) is 15.2 Å². The fourth-order valence-corrected chi connectivity index (χ4v) is 4.60. The molecule has 8 heteroatoms. The molecule has 1 fully saturated rings. The number of halogens is 1. The molecule has 0 amide bonds. The van der Waals surface area contributed by atoms with Gasteiger partial charge in [0, 0.05) is 22.8 Å². The van der Waals surface area contributed by atoms with Crippen LogP contribution in [-0.4, -0.2) is 28.7 Å². The first-order valence-corrected chi connectivity index (χ1v) is 11.4. The summed E-state index contributed by atoms with van der Waals surface area (Å²) in [7, 11) is 0. The van der Waals surface area contributed by atoms with Gasteiger partial charge in [0.05, 0.1) is 37.2 Å². The highest BCUT2D eigenvalue weighted by Crippen LogP contribution is 2.32. The van der Waals surface area contributed by atoms with E-state index in [-0.39, 0.29) is 18.3 Å². The van der Waals surface area contributed by atoms with Crippen LogP contribution in [0.1, 0.15) is 24.0 Å². The van der Waals surface area contributed by atoms with Gasteiger partial charge in [-0.05, 0) is 42.7 Å². The number of hydrogen-bond acceptors (Lipinski definition) is 6. The average Bonchev–Trinajstić information content (AvgIpc) is 3.35. The summed E-state index contributed by atoms with van der Waals surface area (Å²) in [6, 6.07) is 17.0. The Balaban J connectivity index is 1.61. The van der Waals surface area contributed by atoms with E-state index >= 15 is 0 Å². The van der Waals surface area contributed by atoms with Crippen LogP contribution in [0, 0.1) is 0 Å². The van der Waals surface area contributed by atoms with E-state index in [0.29, 0.717) is 30.4 Å². The molecule has 7 nitrogen and oxygen atoms in total. The first-order chi connectivity index (χ1) is 16.1. The molecule has 3 heterocycles. The molecule has 2 N–H and O–H groups in total. The minimum Gasteiger partial charge on any atom is -0.392 e. The summed E-state index contributed by atoms with van der Waals surface area (Å²) in [5.74, 6) is 0. The summed E-state index contributed by atoms with van der Waals surface area (Å²) in [6.07, 6.45) is 3.53. The Morgan fingerprint density at radius 2 is 2.06 bits per heavy atom. The quantitative estimate of drug-likeness (QED) is 0.571. The van der Waals surface area contributed by atoms with Gasteiger partial charge < -0.3 is 14.4 Å². The average molecular weight is 465 g/mol. The van der Waals surface area contributed by atoms with Crippen molar-refractivity contribution in [3.8, 4) is 11.3 Å². The number of nitrogens with zero attached hydrogens (tertiary/aromatic N) is 3. The van der Waals surface area contributed by atoms with Crippen LogP contribution < -0.4 is 16.0 Å². The number of pyridine rings is 1. The molecule has 2 aromatic carbocycles. The fraction of sp³-hybridized carbons (Fsp3) is 0.280. The van der Waals surface area contributed by atoms with Gasteiger partial charge in [-0.1, -0.05) is 41.9 Å². The Kier molecular flexibility index (Phi) is 6.17. The van der Waals surface area contributed by atoms with Gasteiger partial charge in [0.25, 0.3) is 5.56 Å². The van der Waals surface area contributed by atoms with Gasteiger partial charge in [0.1, 0.15) is 12.0 Å². The molecule has 0 aliphatic carbocycles. The standard InChI is InChI=1S/C25H25ClN4O3/c26-22-9-2-1-8-21(22)23-12-18-13-27-16-30(28-19-6-3-5-17(11-19)15-31)24(18)25(32)29(23)14-20-7-4-10-33-20/h1-3,5-6,8-9,11-12,16,20,28,31H,4,7,10,13-15H2. The maximum atomic E-state index is 13.9. The lowest BCUT2D eigenvalue weighted by Gasteiger charge is -2.29. The van der Waals surface area contributed by atoms with Crippen molar-refractivity contribution in [2.75, 3.05) is 17.0 Å². The number of fused-ring (bicyclic) bond motifs is 1. The number of aliphatic imine (C=N–C) groups is 1. The molecule has 2 aliphatic rings. The zero-order chi connectivity index (χ0) is 22.8. The predicted octanol–water partition coefficient (Wildman–Crippen LogP) is 4.22. The van der Waals surface area contributed by atoms with Gasteiger partial charge in [-0.2, -0.15) is 0 Å². The highest BCUT2D eigenvalue weighted by molar-refractivity contribution is 6.33.